The SMILES string of the molecule is O=C(CC1SC(=Nc2ccccc2)N(C2CC2)C1=O)Nc1ccc(Cl)cc1. The van der Waals surface area contributed by atoms with Gasteiger partial charge in [0, 0.05) is 23.2 Å². The van der Waals surface area contributed by atoms with Gasteiger partial charge in [-0.3, -0.25) is 14.5 Å². The number of rotatable bonds is 5. The third-order valence-corrected chi connectivity index (χ3v) is 5.76. The zero-order valence-corrected chi connectivity index (χ0v) is 16.0. The first-order valence-electron chi connectivity index (χ1n) is 8.79. The van der Waals surface area contributed by atoms with Gasteiger partial charge in [0.2, 0.25) is 11.8 Å². The predicted molar refractivity (Wildman–Crippen MR) is 109 cm³/mol. The Bertz CT molecular complexity index is 882. The molecule has 138 valence electrons. The number of hydrogen-bond acceptors (Lipinski definition) is 4. The molecule has 4 rings (SSSR count). The molecule has 2 aromatic rings. The fourth-order valence-electron chi connectivity index (χ4n) is 2.89. The number of carbonyl (C=O) groups excluding carboxylic acids is 2. The van der Waals surface area contributed by atoms with Gasteiger partial charge in [0.25, 0.3) is 0 Å². The van der Waals surface area contributed by atoms with Crippen LogP contribution in [0.2, 0.25) is 5.02 Å². The zero-order chi connectivity index (χ0) is 18.8. The van der Waals surface area contributed by atoms with Crippen LogP contribution in [0.15, 0.2) is 59.6 Å². The number of carbonyl (C=O) groups is 2. The molecule has 0 aromatic heterocycles. The van der Waals surface area contributed by atoms with E-state index in [0.717, 1.165) is 18.5 Å². The van der Waals surface area contributed by atoms with E-state index in [4.69, 9.17) is 11.6 Å². The van der Waals surface area contributed by atoms with E-state index in [2.05, 4.69) is 10.3 Å². The Morgan fingerprint density at radius 1 is 1.15 bits per heavy atom. The van der Waals surface area contributed by atoms with Gasteiger partial charge < -0.3 is 5.32 Å². The minimum Gasteiger partial charge on any atom is -0.326 e. The van der Waals surface area contributed by atoms with Crippen molar-refractivity contribution in [3.63, 3.8) is 0 Å². The largest absolute Gasteiger partial charge is 0.326 e. The van der Waals surface area contributed by atoms with Gasteiger partial charge in [0.05, 0.1) is 5.69 Å². The van der Waals surface area contributed by atoms with Crippen molar-refractivity contribution in [2.45, 2.75) is 30.6 Å². The van der Waals surface area contributed by atoms with E-state index >= 15 is 0 Å². The van der Waals surface area contributed by atoms with Gasteiger partial charge in [-0.05, 0) is 49.2 Å². The molecule has 0 spiro atoms. The van der Waals surface area contributed by atoms with Crippen LogP contribution in [0.25, 0.3) is 0 Å². The molecule has 0 bridgehead atoms. The van der Waals surface area contributed by atoms with Crippen molar-refractivity contribution >= 4 is 51.7 Å². The first-order chi connectivity index (χ1) is 13.1. The number of aliphatic imine (C=N–C) groups is 1. The summed E-state index contributed by atoms with van der Waals surface area (Å²) in [7, 11) is 0. The minimum absolute atomic E-state index is 0.0246. The van der Waals surface area contributed by atoms with Crippen molar-refractivity contribution in [1.29, 1.82) is 0 Å². The van der Waals surface area contributed by atoms with E-state index in [0.29, 0.717) is 15.9 Å². The molecule has 1 aliphatic carbocycles. The van der Waals surface area contributed by atoms with E-state index in [-0.39, 0.29) is 24.3 Å². The topological polar surface area (TPSA) is 61.8 Å². The van der Waals surface area contributed by atoms with Crippen molar-refractivity contribution in [3.8, 4) is 0 Å². The van der Waals surface area contributed by atoms with Gasteiger partial charge in [-0.25, -0.2) is 4.99 Å². The summed E-state index contributed by atoms with van der Waals surface area (Å²) in [5, 5.41) is 3.68. The molecule has 2 aliphatic rings. The first kappa shape index (κ1) is 18.1. The van der Waals surface area contributed by atoms with Gasteiger partial charge in [0.15, 0.2) is 5.17 Å². The summed E-state index contributed by atoms with van der Waals surface area (Å²) in [6.45, 7) is 0. The number of halogens is 1. The molecule has 1 atom stereocenters. The second kappa shape index (κ2) is 7.74. The molecule has 1 N–H and O–H groups in total. The zero-order valence-electron chi connectivity index (χ0n) is 14.5. The van der Waals surface area contributed by atoms with Crippen molar-refractivity contribution in [3.05, 3.63) is 59.6 Å². The summed E-state index contributed by atoms with van der Waals surface area (Å²) < 4.78 is 0. The molecule has 0 radical (unpaired) electrons. The molecule has 1 heterocycles. The molecule has 2 fully saturated rings. The standard InChI is InChI=1S/C20H18ClN3O2S/c21-13-6-8-15(9-7-13)22-18(25)12-17-19(26)24(16-10-11-16)20(27-17)23-14-4-2-1-3-5-14/h1-9,16-17H,10-12H2,(H,22,25). The predicted octanol–water partition coefficient (Wildman–Crippen LogP) is 4.46. The normalized spacial score (nSPS) is 20.9. The number of amides is 2. The molecule has 1 saturated carbocycles. The summed E-state index contributed by atoms with van der Waals surface area (Å²) >= 11 is 7.24. The summed E-state index contributed by atoms with van der Waals surface area (Å²) in [5.41, 5.74) is 1.47. The highest BCUT2D eigenvalue weighted by molar-refractivity contribution is 8.15. The highest BCUT2D eigenvalue weighted by Gasteiger charge is 2.46. The molecular formula is C20H18ClN3O2S. The lowest BCUT2D eigenvalue weighted by atomic mass is 10.2. The van der Waals surface area contributed by atoms with Gasteiger partial charge in [-0.1, -0.05) is 41.6 Å². The smallest absolute Gasteiger partial charge is 0.242 e. The number of para-hydroxylation sites is 1. The highest BCUT2D eigenvalue weighted by Crippen LogP contribution is 2.39. The molecule has 27 heavy (non-hydrogen) atoms. The Hall–Kier alpha value is -2.31. The number of nitrogens with zero attached hydrogens (tertiary/aromatic N) is 2. The monoisotopic (exact) mass is 399 g/mol. The van der Waals surface area contributed by atoms with Crippen LogP contribution >= 0.6 is 23.4 Å². The number of hydrogen-bond donors (Lipinski definition) is 1. The van der Waals surface area contributed by atoms with Gasteiger partial charge in [-0.2, -0.15) is 0 Å². The summed E-state index contributed by atoms with van der Waals surface area (Å²) in [4.78, 5) is 31.7. The molecular weight excluding hydrogens is 382 g/mol. The van der Waals surface area contributed by atoms with E-state index < -0.39 is 5.25 Å². The molecule has 1 unspecified atom stereocenters. The van der Waals surface area contributed by atoms with Crippen molar-refractivity contribution in [2.75, 3.05) is 5.32 Å². The van der Waals surface area contributed by atoms with Gasteiger partial charge in [0.1, 0.15) is 5.25 Å². The third kappa shape index (κ3) is 4.34. The average molecular weight is 400 g/mol. The Morgan fingerprint density at radius 3 is 2.52 bits per heavy atom. The van der Waals surface area contributed by atoms with Crippen LogP contribution < -0.4 is 5.32 Å². The van der Waals surface area contributed by atoms with E-state index in [9.17, 15) is 9.59 Å². The number of anilines is 1. The maximum atomic E-state index is 12.8. The van der Waals surface area contributed by atoms with Crippen LogP contribution in [0.3, 0.4) is 0 Å². The molecule has 7 heteroatoms. The molecule has 1 saturated heterocycles. The maximum Gasteiger partial charge on any atom is 0.242 e. The van der Waals surface area contributed by atoms with E-state index in [1.54, 1.807) is 29.2 Å². The highest BCUT2D eigenvalue weighted by atomic mass is 35.5. The molecule has 2 aromatic carbocycles. The van der Waals surface area contributed by atoms with Gasteiger partial charge >= 0.3 is 0 Å². The lowest BCUT2D eigenvalue weighted by molar-refractivity contribution is -0.128. The van der Waals surface area contributed by atoms with E-state index in [1.165, 1.54) is 11.8 Å². The number of nitrogens with one attached hydrogen (secondary N) is 1. The van der Waals surface area contributed by atoms with E-state index in [1.807, 2.05) is 30.3 Å². The molecule has 1 aliphatic heterocycles. The lowest BCUT2D eigenvalue weighted by Crippen LogP contribution is -2.35. The minimum atomic E-state index is -0.444. The quantitative estimate of drug-likeness (QED) is 0.807. The Balaban J connectivity index is 1.47. The second-order valence-electron chi connectivity index (χ2n) is 6.54. The van der Waals surface area contributed by atoms with Crippen molar-refractivity contribution in [1.82, 2.24) is 4.90 Å². The average Bonchev–Trinajstić information content (AvgIpc) is 3.44. The Morgan fingerprint density at radius 2 is 1.85 bits per heavy atom. The fraction of sp³-hybridized carbons (Fsp3) is 0.250. The van der Waals surface area contributed by atoms with Crippen LogP contribution in [0.1, 0.15) is 19.3 Å². The number of amidine groups is 1. The van der Waals surface area contributed by atoms with Crippen LogP contribution in [0, 0.1) is 0 Å². The van der Waals surface area contributed by atoms with Crippen LogP contribution in [0.4, 0.5) is 11.4 Å². The summed E-state index contributed by atoms with van der Waals surface area (Å²) in [6.07, 6.45) is 2.09. The fourth-order valence-corrected chi connectivity index (χ4v) is 4.23. The van der Waals surface area contributed by atoms with Crippen LogP contribution in [-0.2, 0) is 9.59 Å². The maximum absolute atomic E-state index is 12.8. The van der Waals surface area contributed by atoms with Gasteiger partial charge in [-0.15, -0.1) is 0 Å². The molecule has 2 amide bonds. The van der Waals surface area contributed by atoms with Crippen LogP contribution in [0.5, 0.6) is 0 Å². The second-order valence-corrected chi connectivity index (χ2v) is 8.14. The number of benzene rings is 2. The summed E-state index contributed by atoms with van der Waals surface area (Å²) in [5.74, 6) is -0.219. The first-order valence-corrected chi connectivity index (χ1v) is 10.0. The Labute approximate surface area is 166 Å². The van der Waals surface area contributed by atoms with Crippen LogP contribution in [-0.4, -0.2) is 33.2 Å². The third-order valence-electron chi connectivity index (χ3n) is 4.36. The van der Waals surface area contributed by atoms with Crippen molar-refractivity contribution in [2.24, 2.45) is 4.99 Å². The lowest BCUT2D eigenvalue weighted by Gasteiger charge is -2.15. The van der Waals surface area contributed by atoms with Crippen molar-refractivity contribution < 1.29 is 9.59 Å². The Kier molecular flexibility index (Phi) is 5.18. The summed E-state index contributed by atoms with van der Waals surface area (Å²) in [6, 6.07) is 16.7. The molecule has 5 nitrogen and oxygen atoms in total. The number of thioether (sulfide) groups is 1.